The third kappa shape index (κ3) is 12.6. The van der Waals surface area contributed by atoms with Crippen molar-refractivity contribution < 1.29 is 29.4 Å². The predicted octanol–water partition coefficient (Wildman–Crippen LogP) is -0.665. The Labute approximate surface area is 178 Å². The zero-order chi connectivity index (χ0) is 22.5. The fourth-order valence-corrected chi connectivity index (χ4v) is 3.69. The molecule has 0 aliphatic carbocycles. The lowest BCUT2D eigenvalue weighted by Crippen LogP contribution is -2.44. The van der Waals surface area contributed by atoms with Gasteiger partial charge in [0.2, 0.25) is 0 Å². The Kier molecular flexibility index (Phi) is 12.4. The first-order chi connectivity index (χ1) is 14.2. The highest BCUT2D eigenvalue weighted by Gasteiger charge is 2.18. The molecule has 1 saturated heterocycles. The van der Waals surface area contributed by atoms with Crippen molar-refractivity contribution in [2.24, 2.45) is 0 Å². The van der Waals surface area contributed by atoms with Crippen molar-refractivity contribution in [2.75, 3.05) is 78.5 Å². The Balaban J connectivity index is 2.87. The Hall–Kier alpha value is -1.88. The van der Waals surface area contributed by atoms with Crippen LogP contribution in [0.15, 0.2) is 0 Å². The van der Waals surface area contributed by atoms with Crippen molar-refractivity contribution in [1.29, 1.82) is 0 Å². The van der Waals surface area contributed by atoms with Gasteiger partial charge in [0.25, 0.3) is 0 Å². The first kappa shape index (κ1) is 26.2. The monoisotopic (exact) mass is 428 g/mol. The van der Waals surface area contributed by atoms with Gasteiger partial charge in [-0.3, -0.25) is 38.8 Å². The molecule has 0 unspecified atom stereocenters. The summed E-state index contributed by atoms with van der Waals surface area (Å²) in [6, 6.07) is 0. The second kappa shape index (κ2) is 14.2. The van der Waals surface area contributed by atoms with Crippen molar-refractivity contribution in [3.63, 3.8) is 0 Å². The number of nitrogens with zero attached hydrogens (tertiary/aromatic N) is 4. The van der Waals surface area contributed by atoms with Crippen LogP contribution in [0.25, 0.3) is 0 Å². The van der Waals surface area contributed by atoms with Crippen LogP contribution in [-0.4, -0.2) is 132 Å². The number of carboxylic acids is 2. The quantitative estimate of drug-likeness (QED) is 0.515. The summed E-state index contributed by atoms with van der Waals surface area (Å²) >= 11 is 0. The van der Waals surface area contributed by atoms with Crippen LogP contribution in [0.4, 0.5) is 0 Å². The highest BCUT2D eigenvalue weighted by Crippen LogP contribution is 2.03. The predicted molar refractivity (Wildman–Crippen MR) is 112 cm³/mol. The molecule has 0 bridgehead atoms. The third-order valence-corrected chi connectivity index (χ3v) is 4.97. The maximum atomic E-state index is 11.6. The molecule has 10 heteroatoms. The first-order valence-corrected chi connectivity index (χ1v) is 10.5. The van der Waals surface area contributed by atoms with Gasteiger partial charge in [0.1, 0.15) is 11.6 Å². The molecule has 1 heterocycles. The van der Waals surface area contributed by atoms with E-state index in [1.807, 2.05) is 19.6 Å². The van der Waals surface area contributed by atoms with Crippen LogP contribution in [0.1, 0.15) is 26.7 Å². The highest BCUT2D eigenvalue weighted by atomic mass is 16.4. The molecule has 10 nitrogen and oxygen atoms in total. The lowest BCUT2D eigenvalue weighted by atomic mass is 10.2. The van der Waals surface area contributed by atoms with Gasteiger partial charge in [-0.1, -0.05) is 0 Å². The molecule has 0 spiro atoms. The second-order valence-electron chi connectivity index (χ2n) is 8.00. The summed E-state index contributed by atoms with van der Waals surface area (Å²) in [5.74, 6) is -1.69. The Bertz CT molecular complexity index is 488. The summed E-state index contributed by atoms with van der Waals surface area (Å²) in [6.07, 6.45) is 1.40. The molecule has 30 heavy (non-hydrogen) atoms. The van der Waals surface area contributed by atoms with E-state index in [4.69, 9.17) is 0 Å². The average molecular weight is 429 g/mol. The summed E-state index contributed by atoms with van der Waals surface area (Å²) in [5, 5.41) is 18.4. The molecular weight excluding hydrogens is 392 g/mol. The maximum Gasteiger partial charge on any atom is 0.317 e. The van der Waals surface area contributed by atoms with Crippen LogP contribution >= 0.6 is 0 Å². The van der Waals surface area contributed by atoms with E-state index < -0.39 is 11.9 Å². The van der Waals surface area contributed by atoms with Crippen molar-refractivity contribution in [3.05, 3.63) is 0 Å². The summed E-state index contributed by atoms with van der Waals surface area (Å²) in [4.78, 5) is 53.4. The fraction of sp³-hybridized carbons (Fsp3) is 0.800. The van der Waals surface area contributed by atoms with E-state index in [0.717, 1.165) is 0 Å². The number of carbonyl (C=O) groups is 4. The number of rotatable bonds is 8. The number of ketones is 2. The Morgan fingerprint density at radius 1 is 0.533 bits per heavy atom. The summed E-state index contributed by atoms with van der Waals surface area (Å²) in [6.45, 7) is 8.16. The van der Waals surface area contributed by atoms with Crippen LogP contribution in [0, 0.1) is 0 Å². The number of hydrogen-bond donors (Lipinski definition) is 2. The molecule has 2 N–H and O–H groups in total. The summed E-state index contributed by atoms with van der Waals surface area (Å²) in [7, 11) is 0. The SMILES string of the molecule is CC(=O)CN1CCCN(CC(=O)O)CCN(CC(C)=O)CCCN(CC(=O)O)CC1. The van der Waals surface area contributed by atoms with Crippen molar-refractivity contribution in [1.82, 2.24) is 19.6 Å². The van der Waals surface area contributed by atoms with Gasteiger partial charge in [0.15, 0.2) is 0 Å². The van der Waals surface area contributed by atoms with Crippen LogP contribution in [-0.2, 0) is 19.2 Å². The molecule has 0 radical (unpaired) electrons. The molecule has 0 aromatic carbocycles. The smallest absolute Gasteiger partial charge is 0.317 e. The number of aliphatic carboxylic acids is 2. The number of Topliss-reactive ketones (excluding diaryl/α,β-unsaturated/α-hetero) is 2. The van der Waals surface area contributed by atoms with Gasteiger partial charge in [-0.05, 0) is 39.8 Å². The van der Waals surface area contributed by atoms with E-state index in [0.29, 0.717) is 78.3 Å². The number of hydrogen-bond acceptors (Lipinski definition) is 8. The van der Waals surface area contributed by atoms with Gasteiger partial charge >= 0.3 is 11.9 Å². The largest absolute Gasteiger partial charge is 0.480 e. The van der Waals surface area contributed by atoms with Gasteiger partial charge in [-0.2, -0.15) is 0 Å². The lowest BCUT2D eigenvalue weighted by Gasteiger charge is -2.30. The number of carbonyl (C=O) groups excluding carboxylic acids is 2. The van der Waals surface area contributed by atoms with E-state index in [1.165, 1.54) is 13.8 Å². The first-order valence-electron chi connectivity index (χ1n) is 10.5. The second-order valence-corrected chi connectivity index (χ2v) is 8.00. The van der Waals surface area contributed by atoms with Gasteiger partial charge in [0.05, 0.1) is 26.2 Å². The molecule has 0 atom stereocenters. The van der Waals surface area contributed by atoms with E-state index in [1.54, 1.807) is 0 Å². The lowest BCUT2D eigenvalue weighted by molar-refractivity contribution is -0.139. The standard InChI is InChI=1S/C20H36N4O6/c1-17(25)13-21-5-3-7-24(16-20(29)30)12-10-22(14-18(2)26)6-4-8-23(11-9-21)15-19(27)28/h3-16H2,1-2H3,(H,27,28)(H,29,30). The molecule has 172 valence electrons. The summed E-state index contributed by atoms with van der Waals surface area (Å²) in [5.41, 5.74) is 0. The molecule has 0 aromatic heterocycles. The summed E-state index contributed by atoms with van der Waals surface area (Å²) < 4.78 is 0. The average Bonchev–Trinajstić information content (AvgIpc) is 2.60. The zero-order valence-corrected chi connectivity index (χ0v) is 18.2. The molecule has 1 aliphatic heterocycles. The minimum Gasteiger partial charge on any atom is -0.480 e. The minimum absolute atomic E-state index is 0.0446. The Morgan fingerprint density at radius 3 is 1.03 bits per heavy atom. The van der Waals surface area contributed by atoms with Crippen molar-refractivity contribution >= 4 is 23.5 Å². The number of carboxylic acid groups (broad SMARTS) is 2. The highest BCUT2D eigenvalue weighted by molar-refractivity contribution is 5.78. The molecule has 0 amide bonds. The molecule has 0 saturated carbocycles. The molecular formula is C20H36N4O6. The zero-order valence-electron chi connectivity index (χ0n) is 18.2. The van der Waals surface area contributed by atoms with Crippen LogP contribution in [0.2, 0.25) is 0 Å². The van der Waals surface area contributed by atoms with E-state index >= 15 is 0 Å². The van der Waals surface area contributed by atoms with Crippen molar-refractivity contribution in [2.45, 2.75) is 26.7 Å². The van der Waals surface area contributed by atoms with Crippen LogP contribution < -0.4 is 0 Å². The fourth-order valence-electron chi connectivity index (χ4n) is 3.69. The van der Waals surface area contributed by atoms with Gasteiger partial charge in [-0.25, -0.2) is 0 Å². The minimum atomic E-state index is -0.890. The van der Waals surface area contributed by atoms with E-state index in [9.17, 15) is 29.4 Å². The van der Waals surface area contributed by atoms with Crippen LogP contribution in [0.3, 0.4) is 0 Å². The molecule has 1 fully saturated rings. The third-order valence-electron chi connectivity index (χ3n) is 4.97. The van der Waals surface area contributed by atoms with E-state index in [2.05, 4.69) is 0 Å². The van der Waals surface area contributed by atoms with E-state index in [-0.39, 0.29) is 24.7 Å². The van der Waals surface area contributed by atoms with Gasteiger partial charge in [-0.15, -0.1) is 0 Å². The van der Waals surface area contributed by atoms with Crippen molar-refractivity contribution in [3.8, 4) is 0 Å². The Morgan fingerprint density at radius 2 is 0.800 bits per heavy atom. The molecule has 0 aromatic rings. The van der Waals surface area contributed by atoms with Gasteiger partial charge < -0.3 is 10.2 Å². The normalized spacial score (nSPS) is 19.8. The maximum absolute atomic E-state index is 11.6. The molecule has 1 aliphatic rings. The molecule has 1 rings (SSSR count). The van der Waals surface area contributed by atoms with Gasteiger partial charge in [0, 0.05) is 39.3 Å². The topological polar surface area (TPSA) is 122 Å². The van der Waals surface area contributed by atoms with Crippen LogP contribution in [0.5, 0.6) is 0 Å².